The molecular weight excluding hydrogens is 272 g/mol. The lowest BCUT2D eigenvalue weighted by Gasteiger charge is -2.35. The molecule has 0 saturated carbocycles. The molecule has 1 saturated heterocycles. The Morgan fingerprint density at radius 3 is 2.68 bits per heavy atom. The Morgan fingerprint density at radius 2 is 2.00 bits per heavy atom. The molecular formula is C18H26N4. The maximum Gasteiger partial charge on any atom is 0.127 e. The first kappa shape index (κ1) is 15.3. The van der Waals surface area contributed by atoms with Crippen molar-refractivity contribution < 1.29 is 0 Å². The van der Waals surface area contributed by atoms with Gasteiger partial charge in [-0.05, 0) is 24.0 Å². The molecule has 118 valence electrons. The molecule has 2 heterocycles. The third-order valence-electron chi connectivity index (χ3n) is 4.63. The van der Waals surface area contributed by atoms with E-state index in [9.17, 15) is 0 Å². The molecule has 0 radical (unpaired) electrons. The molecule has 1 N–H and O–H groups in total. The number of benzene rings is 1. The first-order chi connectivity index (χ1) is 10.8. The van der Waals surface area contributed by atoms with Crippen LogP contribution in [0.15, 0.2) is 36.7 Å². The van der Waals surface area contributed by atoms with Gasteiger partial charge in [-0.1, -0.05) is 31.2 Å². The average Bonchev–Trinajstić information content (AvgIpc) is 2.99. The van der Waals surface area contributed by atoms with Crippen LogP contribution in [0.5, 0.6) is 0 Å². The van der Waals surface area contributed by atoms with E-state index in [1.54, 1.807) is 0 Å². The van der Waals surface area contributed by atoms with Crippen molar-refractivity contribution in [3.8, 4) is 0 Å². The highest BCUT2D eigenvalue weighted by Crippen LogP contribution is 2.20. The second-order valence-electron chi connectivity index (χ2n) is 6.07. The minimum absolute atomic E-state index is 0.378. The van der Waals surface area contributed by atoms with Crippen LogP contribution in [0.1, 0.15) is 29.9 Å². The molecule has 1 unspecified atom stereocenters. The van der Waals surface area contributed by atoms with E-state index in [0.29, 0.717) is 6.04 Å². The zero-order valence-corrected chi connectivity index (χ0v) is 13.6. The highest BCUT2D eigenvalue weighted by Gasteiger charge is 2.26. The molecule has 0 aliphatic carbocycles. The van der Waals surface area contributed by atoms with Crippen molar-refractivity contribution >= 4 is 0 Å². The zero-order valence-electron chi connectivity index (χ0n) is 13.6. The van der Waals surface area contributed by atoms with Gasteiger partial charge in [-0.2, -0.15) is 0 Å². The molecule has 4 nitrogen and oxygen atoms in total. The van der Waals surface area contributed by atoms with Crippen LogP contribution in [-0.2, 0) is 19.9 Å². The van der Waals surface area contributed by atoms with Gasteiger partial charge in [0.2, 0.25) is 0 Å². The summed E-state index contributed by atoms with van der Waals surface area (Å²) in [5.74, 6) is 1.16. The molecule has 0 bridgehead atoms. The number of rotatable bonds is 5. The summed E-state index contributed by atoms with van der Waals surface area (Å²) < 4.78 is 2.14. The van der Waals surface area contributed by atoms with E-state index in [2.05, 4.69) is 58.0 Å². The maximum atomic E-state index is 4.55. The number of nitrogens with one attached hydrogen (secondary N) is 1. The van der Waals surface area contributed by atoms with Crippen LogP contribution in [0.4, 0.5) is 0 Å². The van der Waals surface area contributed by atoms with E-state index < -0.39 is 0 Å². The Morgan fingerprint density at radius 1 is 1.23 bits per heavy atom. The Balaban J connectivity index is 1.65. The summed E-state index contributed by atoms with van der Waals surface area (Å²) in [4.78, 5) is 7.11. The van der Waals surface area contributed by atoms with E-state index in [1.807, 2.05) is 12.4 Å². The van der Waals surface area contributed by atoms with Gasteiger partial charge >= 0.3 is 0 Å². The van der Waals surface area contributed by atoms with Gasteiger partial charge in [0, 0.05) is 45.6 Å². The minimum Gasteiger partial charge on any atom is -0.337 e. The van der Waals surface area contributed by atoms with Crippen LogP contribution >= 0.6 is 0 Å². The van der Waals surface area contributed by atoms with E-state index in [-0.39, 0.29) is 0 Å². The van der Waals surface area contributed by atoms with Crippen molar-refractivity contribution in [2.45, 2.75) is 25.8 Å². The highest BCUT2D eigenvalue weighted by atomic mass is 15.3. The molecule has 1 aliphatic heterocycles. The van der Waals surface area contributed by atoms with E-state index in [0.717, 1.165) is 44.8 Å². The highest BCUT2D eigenvalue weighted by molar-refractivity contribution is 5.22. The average molecular weight is 298 g/mol. The number of imidazole rings is 1. The van der Waals surface area contributed by atoms with E-state index in [4.69, 9.17) is 0 Å². The molecule has 1 fully saturated rings. The summed E-state index contributed by atoms with van der Waals surface area (Å²) in [5, 5.41) is 3.50. The summed E-state index contributed by atoms with van der Waals surface area (Å²) in [5.41, 5.74) is 2.84. The second kappa shape index (κ2) is 7.07. The van der Waals surface area contributed by atoms with Crippen molar-refractivity contribution in [3.05, 3.63) is 53.6 Å². The molecule has 2 aromatic rings. The van der Waals surface area contributed by atoms with Gasteiger partial charge in [0.15, 0.2) is 0 Å². The standard InChI is InChI=1S/C18H26N4/c1-3-15-4-6-16(7-5-15)8-11-22-13-9-19-14-17(22)18-20-10-12-21(18)2/h4-7,10,12,17,19H,3,8-9,11,13-14H2,1-2H3. The van der Waals surface area contributed by atoms with Crippen LogP contribution in [0.2, 0.25) is 0 Å². The van der Waals surface area contributed by atoms with Crippen LogP contribution in [0.3, 0.4) is 0 Å². The number of aromatic nitrogens is 2. The van der Waals surface area contributed by atoms with Crippen LogP contribution in [-0.4, -0.2) is 40.6 Å². The third kappa shape index (κ3) is 3.39. The van der Waals surface area contributed by atoms with Crippen LogP contribution in [0.25, 0.3) is 0 Å². The fourth-order valence-electron chi connectivity index (χ4n) is 3.18. The predicted molar refractivity (Wildman–Crippen MR) is 89.9 cm³/mol. The third-order valence-corrected chi connectivity index (χ3v) is 4.63. The quantitative estimate of drug-likeness (QED) is 0.918. The summed E-state index contributed by atoms with van der Waals surface area (Å²) >= 11 is 0. The van der Waals surface area contributed by atoms with Gasteiger partial charge in [-0.25, -0.2) is 4.98 Å². The number of nitrogens with zero attached hydrogens (tertiary/aromatic N) is 3. The summed E-state index contributed by atoms with van der Waals surface area (Å²) in [7, 11) is 2.08. The Hall–Kier alpha value is -1.65. The largest absolute Gasteiger partial charge is 0.337 e. The lowest BCUT2D eigenvalue weighted by Crippen LogP contribution is -2.47. The van der Waals surface area contributed by atoms with Crippen molar-refractivity contribution in [1.29, 1.82) is 0 Å². The molecule has 0 spiro atoms. The molecule has 22 heavy (non-hydrogen) atoms. The Kier molecular flexibility index (Phi) is 4.90. The normalized spacial score (nSPS) is 19.5. The Bertz CT molecular complexity index is 587. The molecule has 3 rings (SSSR count). The smallest absolute Gasteiger partial charge is 0.127 e. The topological polar surface area (TPSA) is 33.1 Å². The van der Waals surface area contributed by atoms with Gasteiger partial charge in [0.1, 0.15) is 5.82 Å². The lowest BCUT2D eigenvalue weighted by atomic mass is 10.1. The van der Waals surface area contributed by atoms with Crippen LogP contribution < -0.4 is 5.32 Å². The molecule has 1 aromatic carbocycles. The zero-order chi connectivity index (χ0) is 15.4. The first-order valence-electron chi connectivity index (χ1n) is 8.27. The van der Waals surface area contributed by atoms with E-state index in [1.165, 1.54) is 11.1 Å². The van der Waals surface area contributed by atoms with Crippen molar-refractivity contribution in [1.82, 2.24) is 19.8 Å². The van der Waals surface area contributed by atoms with Crippen molar-refractivity contribution in [2.24, 2.45) is 7.05 Å². The number of hydrogen-bond donors (Lipinski definition) is 1. The van der Waals surface area contributed by atoms with Crippen molar-refractivity contribution in [2.75, 3.05) is 26.2 Å². The SMILES string of the molecule is CCc1ccc(CCN2CCNCC2c2nccn2C)cc1. The van der Waals surface area contributed by atoms with E-state index >= 15 is 0 Å². The first-order valence-corrected chi connectivity index (χ1v) is 8.27. The van der Waals surface area contributed by atoms with Gasteiger partial charge in [0.05, 0.1) is 6.04 Å². The van der Waals surface area contributed by atoms with Gasteiger partial charge in [-0.3, -0.25) is 4.90 Å². The maximum absolute atomic E-state index is 4.55. The fourth-order valence-corrected chi connectivity index (χ4v) is 3.18. The van der Waals surface area contributed by atoms with Crippen molar-refractivity contribution in [3.63, 3.8) is 0 Å². The lowest BCUT2D eigenvalue weighted by molar-refractivity contribution is 0.155. The number of aryl methyl sites for hydroxylation is 2. The number of piperazine rings is 1. The fraction of sp³-hybridized carbons (Fsp3) is 0.500. The summed E-state index contributed by atoms with van der Waals surface area (Å²) in [6.07, 6.45) is 6.14. The predicted octanol–water partition coefficient (Wildman–Crippen LogP) is 2.17. The Labute approximate surface area is 133 Å². The minimum atomic E-state index is 0.378. The van der Waals surface area contributed by atoms with Gasteiger partial charge in [-0.15, -0.1) is 0 Å². The second-order valence-corrected chi connectivity index (χ2v) is 6.07. The molecule has 0 amide bonds. The summed E-state index contributed by atoms with van der Waals surface area (Å²) in [6, 6.07) is 9.43. The molecule has 1 atom stereocenters. The molecule has 1 aliphatic rings. The molecule has 1 aromatic heterocycles. The molecule has 4 heteroatoms. The van der Waals surface area contributed by atoms with Gasteiger partial charge < -0.3 is 9.88 Å². The van der Waals surface area contributed by atoms with Crippen LogP contribution in [0, 0.1) is 0 Å². The monoisotopic (exact) mass is 298 g/mol. The summed E-state index contributed by atoms with van der Waals surface area (Å²) in [6.45, 7) is 6.43. The van der Waals surface area contributed by atoms with Gasteiger partial charge in [0.25, 0.3) is 0 Å². The number of hydrogen-bond acceptors (Lipinski definition) is 3.